The van der Waals surface area contributed by atoms with Gasteiger partial charge in [-0.1, -0.05) is 12.1 Å². The number of likely N-dealkylation sites (N-methyl/N-ethyl adjacent to an activating group) is 1. The second kappa shape index (κ2) is 9.69. The van der Waals surface area contributed by atoms with Crippen LogP contribution < -0.4 is 20.3 Å². The number of amides is 2. The summed E-state index contributed by atoms with van der Waals surface area (Å²) in [6.45, 7) is 3.14. The minimum Gasteiger partial charge on any atom is -0.391 e. The molecule has 0 radical (unpaired) electrons. The maximum absolute atomic E-state index is 13.1. The molecule has 192 valence electrons. The summed E-state index contributed by atoms with van der Waals surface area (Å²) >= 11 is 0. The van der Waals surface area contributed by atoms with Gasteiger partial charge in [-0.25, -0.2) is 9.78 Å². The lowest BCUT2D eigenvalue weighted by Gasteiger charge is -2.61. The number of ether oxygens (including phenoxy) is 2. The molecule has 4 aliphatic carbocycles. The summed E-state index contributed by atoms with van der Waals surface area (Å²) in [4.78, 5) is 37.0. The Morgan fingerprint density at radius 3 is 2.42 bits per heavy atom. The number of anilines is 1. The monoisotopic (exact) mass is 493 g/mol. The lowest BCUT2D eigenvalue weighted by atomic mass is 9.50. The second-order valence-corrected chi connectivity index (χ2v) is 10.9. The molecular formula is C27H35N5O4. The van der Waals surface area contributed by atoms with Gasteiger partial charge in [0, 0.05) is 43.5 Å². The van der Waals surface area contributed by atoms with Crippen molar-refractivity contribution in [2.75, 3.05) is 32.2 Å². The molecule has 2 aromatic heterocycles. The normalized spacial score (nSPS) is 28.0. The van der Waals surface area contributed by atoms with Crippen molar-refractivity contribution in [2.24, 2.45) is 11.8 Å². The number of carbonyl (C=O) groups is 2. The Hall–Kier alpha value is -3.20. The van der Waals surface area contributed by atoms with Gasteiger partial charge in [-0.15, -0.1) is 0 Å². The smallest absolute Gasteiger partial charge is 0.391 e. The van der Waals surface area contributed by atoms with Crippen LogP contribution in [0.4, 0.5) is 10.6 Å². The van der Waals surface area contributed by atoms with Crippen LogP contribution in [0.3, 0.4) is 0 Å². The predicted octanol–water partition coefficient (Wildman–Crippen LogP) is 3.48. The van der Waals surface area contributed by atoms with E-state index in [4.69, 9.17) is 9.47 Å². The number of carbonyl (C=O) groups excluding carboxylic acids is 2. The van der Waals surface area contributed by atoms with Crippen molar-refractivity contribution in [1.82, 2.24) is 20.6 Å². The second-order valence-electron chi connectivity index (χ2n) is 10.9. The molecule has 0 aromatic carbocycles. The molecule has 4 saturated carbocycles. The highest BCUT2D eigenvalue weighted by Crippen LogP contribution is 2.57. The van der Waals surface area contributed by atoms with Crippen LogP contribution in [-0.2, 0) is 4.74 Å². The van der Waals surface area contributed by atoms with Crippen LogP contribution in [0.5, 0.6) is 5.88 Å². The quantitative estimate of drug-likeness (QED) is 0.580. The lowest BCUT2D eigenvalue weighted by molar-refractivity contribution is -0.0450. The fourth-order valence-corrected chi connectivity index (χ4v) is 6.88. The molecule has 4 aliphatic rings. The van der Waals surface area contributed by atoms with Gasteiger partial charge >= 0.3 is 6.09 Å². The van der Waals surface area contributed by atoms with Gasteiger partial charge in [0.1, 0.15) is 11.5 Å². The van der Waals surface area contributed by atoms with Crippen molar-refractivity contribution in [3.05, 3.63) is 47.8 Å². The zero-order valence-electron chi connectivity index (χ0n) is 21.3. The van der Waals surface area contributed by atoms with Crippen molar-refractivity contribution >= 4 is 17.8 Å². The van der Waals surface area contributed by atoms with Crippen LogP contribution in [-0.4, -0.2) is 60.4 Å². The van der Waals surface area contributed by atoms with Crippen molar-refractivity contribution in [2.45, 2.75) is 56.5 Å². The Morgan fingerprint density at radius 2 is 1.72 bits per heavy atom. The fourth-order valence-electron chi connectivity index (χ4n) is 6.88. The summed E-state index contributed by atoms with van der Waals surface area (Å²) in [5.41, 5.74) is 0.536. The average Bonchev–Trinajstić information content (AvgIpc) is 2.81. The molecule has 6 rings (SSSR count). The van der Waals surface area contributed by atoms with E-state index in [1.54, 1.807) is 19.2 Å². The first-order valence-electron chi connectivity index (χ1n) is 12.7. The molecule has 2 N–H and O–H groups in total. The maximum atomic E-state index is 13.1. The van der Waals surface area contributed by atoms with E-state index < -0.39 is 6.09 Å². The topological polar surface area (TPSA) is 106 Å². The van der Waals surface area contributed by atoms with Gasteiger partial charge in [0.25, 0.3) is 5.91 Å². The Morgan fingerprint density at radius 1 is 1.03 bits per heavy atom. The predicted molar refractivity (Wildman–Crippen MR) is 135 cm³/mol. The SMILES string of the molecule is COCCN(C)c1cccc(OC(=O)NC23CC4CC(C2)CC(NC(=O)c2cccc(C)n2)(C4)C3)n1. The fraction of sp³-hybridized carbons (Fsp3) is 0.556. The van der Waals surface area contributed by atoms with Crippen LogP contribution in [0.1, 0.15) is 54.7 Å². The summed E-state index contributed by atoms with van der Waals surface area (Å²) in [6.07, 6.45) is 5.05. The van der Waals surface area contributed by atoms with Crippen LogP contribution in [0, 0.1) is 18.8 Å². The molecule has 2 heterocycles. The standard InChI is InChI=1S/C27H35N5O4/c1-18-6-4-7-21(28-18)24(33)30-26-13-19-12-20(14-26)16-27(15-19,17-26)31-25(34)36-23-9-5-8-22(29-23)32(2)10-11-35-3/h4-9,19-20H,10-17H2,1-3H3,(H,30,33)(H,31,34). The van der Waals surface area contributed by atoms with Crippen molar-refractivity contribution in [3.8, 4) is 5.88 Å². The van der Waals surface area contributed by atoms with Crippen molar-refractivity contribution < 1.29 is 19.1 Å². The molecule has 0 aliphatic heterocycles. The third-order valence-corrected chi connectivity index (χ3v) is 7.86. The van der Waals surface area contributed by atoms with E-state index in [-0.39, 0.29) is 22.9 Å². The minimum atomic E-state index is -0.497. The lowest BCUT2D eigenvalue weighted by Crippen LogP contribution is -2.70. The van der Waals surface area contributed by atoms with Crippen LogP contribution in [0.25, 0.3) is 0 Å². The molecule has 2 amide bonds. The molecule has 9 nitrogen and oxygen atoms in total. The van der Waals surface area contributed by atoms with Gasteiger partial charge < -0.3 is 25.0 Å². The molecule has 2 atom stereocenters. The minimum absolute atomic E-state index is 0.142. The van der Waals surface area contributed by atoms with E-state index in [2.05, 4.69) is 20.6 Å². The van der Waals surface area contributed by atoms with Crippen LogP contribution in [0.15, 0.2) is 36.4 Å². The molecule has 9 heteroatoms. The molecular weight excluding hydrogens is 458 g/mol. The first-order valence-corrected chi connectivity index (χ1v) is 12.7. The summed E-state index contributed by atoms with van der Waals surface area (Å²) in [5.74, 6) is 1.75. The number of methoxy groups -OCH3 is 1. The van der Waals surface area contributed by atoms with Gasteiger partial charge in [0.2, 0.25) is 5.88 Å². The van der Waals surface area contributed by atoms with E-state index in [1.807, 2.05) is 43.1 Å². The summed E-state index contributed by atoms with van der Waals surface area (Å²) in [5, 5.41) is 6.53. The van der Waals surface area contributed by atoms with Gasteiger partial charge in [0.05, 0.1) is 6.61 Å². The third kappa shape index (κ3) is 5.16. The zero-order valence-corrected chi connectivity index (χ0v) is 21.3. The zero-order chi connectivity index (χ0) is 25.3. The van der Waals surface area contributed by atoms with Crippen LogP contribution in [0.2, 0.25) is 0 Å². The summed E-state index contributed by atoms with van der Waals surface area (Å²) in [7, 11) is 3.57. The van der Waals surface area contributed by atoms with Crippen molar-refractivity contribution in [1.29, 1.82) is 0 Å². The Bertz CT molecular complexity index is 1120. The van der Waals surface area contributed by atoms with E-state index in [0.29, 0.717) is 42.9 Å². The number of rotatable bonds is 8. The van der Waals surface area contributed by atoms with E-state index in [1.165, 1.54) is 0 Å². The highest BCUT2D eigenvalue weighted by atomic mass is 16.6. The number of hydrogen-bond acceptors (Lipinski definition) is 7. The summed E-state index contributed by atoms with van der Waals surface area (Å²) in [6, 6.07) is 10.9. The van der Waals surface area contributed by atoms with Gasteiger partial charge in [-0.3, -0.25) is 4.79 Å². The number of pyridine rings is 2. The molecule has 4 fully saturated rings. The molecule has 4 bridgehead atoms. The largest absolute Gasteiger partial charge is 0.414 e. The highest BCUT2D eigenvalue weighted by Gasteiger charge is 2.59. The molecule has 2 unspecified atom stereocenters. The molecule has 0 saturated heterocycles. The van der Waals surface area contributed by atoms with Crippen LogP contribution >= 0.6 is 0 Å². The Balaban J connectivity index is 1.27. The van der Waals surface area contributed by atoms with Crippen molar-refractivity contribution in [3.63, 3.8) is 0 Å². The number of nitrogens with one attached hydrogen (secondary N) is 2. The van der Waals surface area contributed by atoms with Gasteiger partial charge in [0.15, 0.2) is 0 Å². The van der Waals surface area contributed by atoms with Gasteiger partial charge in [-0.05, 0) is 75.5 Å². The highest BCUT2D eigenvalue weighted by molar-refractivity contribution is 5.92. The number of aryl methyl sites for hydroxylation is 1. The number of hydrogen-bond donors (Lipinski definition) is 2. The maximum Gasteiger partial charge on any atom is 0.414 e. The molecule has 0 spiro atoms. The molecule has 2 aromatic rings. The van der Waals surface area contributed by atoms with E-state index in [9.17, 15) is 9.59 Å². The molecule has 36 heavy (non-hydrogen) atoms. The average molecular weight is 494 g/mol. The van der Waals surface area contributed by atoms with E-state index >= 15 is 0 Å². The number of nitrogens with zero attached hydrogens (tertiary/aromatic N) is 3. The first-order chi connectivity index (χ1) is 17.3. The summed E-state index contributed by atoms with van der Waals surface area (Å²) < 4.78 is 10.8. The Kier molecular flexibility index (Phi) is 6.59. The van der Waals surface area contributed by atoms with E-state index in [0.717, 1.165) is 37.8 Å². The first kappa shape index (κ1) is 24.5. The van der Waals surface area contributed by atoms with Gasteiger partial charge in [-0.2, -0.15) is 4.98 Å². The number of aromatic nitrogens is 2. The third-order valence-electron chi connectivity index (χ3n) is 7.86. The Labute approximate surface area is 212 Å².